The monoisotopic (exact) mass is 274 g/mol. The molecule has 6 heteroatoms. The summed E-state index contributed by atoms with van der Waals surface area (Å²) in [6.07, 6.45) is 7.17. The number of alkyl halides is 1. The highest BCUT2D eigenvalue weighted by Gasteiger charge is 2.40. The van der Waals surface area contributed by atoms with Gasteiger partial charge in [-0.3, -0.25) is 10.2 Å². The molecule has 0 aromatic rings. The smallest absolute Gasteiger partial charge is 0.427 e. The van der Waals surface area contributed by atoms with Crippen LogP contribution in [0, 0.1) is 0 Å². The number of hydrogen-bond donors (Lipinski definition) is 3. The second-order valence-electron chi connectivity index (χ2n) is 5.55. The molecule has 0 amide bonds. The molecule has 1 saturated carbocycles. The summed E-state index contributed by atoms with van der Waals surface area (Å²) in [5.41, 5.74) is 0. The number of hydrogen-bond acceptors (Lipinski definition) is 4. The highest BCUT2D eigenvalue weighted by molar-refractivity contribution is 6.40. The zero-order chi connectivity index (χ0) is 13.0. The minimum Gasteiger partial charge on any atom is -0.427 e. The van der Waals surface area contributed by atoms with E-state index in [-0.39, 0.29) is 5.38 Å². The van der Waals surface area contributed by atoms with Crippen LogP contribution in [0.15, 0.2) is 0 Å². The average molecular weight is 275 g/mol. The van der Waals surface area contributed by atoms with Gasteiger partial charge < -0.3 is 10.0 Å². The molecule has 2 aliphatic rings. The molecular formula is C12H24BClN2O2. The van der Waals surface area contributed by atoms with Crippen molar-refractivity contribution in [3.8, 4) is 0 Å². The van der Waals surface area contributed by atoms with E-state index in [0.29, 0.717) is 18.4 Å². The van der Waals surface area contributed by atoms with Crippen molar-refractivity contribution in [2.75, 3.05) is 13.2 Å². The van der Waals surface area contributed by atoms with Crippen LogP contribution in [-0.2, 0) is 0 Å². The van der Waals surface area contributed by atoms with Crippen LogP contribution in [0.4, 0.5) is 0 Å². The van der Waals surface area contributed by atoms with Gasteiger partial charge in [0.25, 0.3) is 0 Å². The first-order valence-electron chi connectivity index (χ1n) is 7.16. The van der Waals surface area contributed by atoms with Gasteiger partial charge in [-0.25, -0.2) is 0 Å². The van der Waals surface area contributed by atoms with Crippen molar-refractivity contribution in [3.63, 3.8) is 0 Å². The molecule has 3 unspecified atom stereocenters. The lowest BCUT2D eigenvalue weighted by Crippen LogP contribution is -2.46. The SMILES string of the molecule is OB(O)CCCCCN1CNC2CCCC(Cl)C21. The third-order valence-electron chi connectivity index (χ3n) is 4.16. The van der Waals surface area contributed by atoms with Crippen molar-refractivity contribution in [3.05, 3.63) is 0 Å². The fraction of sp³-hybridized carbons (Fsp3) is 1.00. The second kappa shape index (κ2) is 7.10. The fourth-order valence-corrected chi connectivity index (χ4v) is 3.71. The molecule has 0 aromatic heterocycles. The Morgan fingerprint density at radius 3 is 2.83 bits per heavy atom. The van der Waals surface area contributed by atoms with Crippen molar-refractivity contribution < 1.29 is 10.0 Å². The molecule has 0 bridgehead atoms. The molecule has 104 valence electrons. The predicted molar refractivity (Wildman–Crippen MR) is 74.6 cm³/mol. The van der Waals surface area contributed by atoms with Crippen LogP contribution < -0.4 is 5.32 Å². The van der Waals surface area contributed by atoms with Gasteiger partial charge in [0.15, 0.2) is 0 Å². The Morgan fingerprint density at radius 2 is 2.06 bits per heavy atom. The molecule has 0 radical (unpaired) electrons. The Balaban J connectivity index is 1.66. The Hall–Kier alpha value is 0.195. The molecular weight excluding hydrogens is 250 g/mol. The van der Waals surface area contributed by atoms with Gasteiger partial charge in [0, 0.05) is 18.8 Å². The van der Waals surface area contributed by atoms with E-state index in [1.54, 1.807) is 0 Å². The number of rotatable bonds is 6. The standard InChI is InChI=1S/C12H24BClN2O2/c14-10-5-4-6-11-12(10)16(9-15-11)8-3-1-2-7-13(17)18/h10-12,15,17-18H,1-9H2. The minimum atomic E-state index is -1.14. The van der Waals surface area contributed by atoms with Crippen molar-refractivity contribution in [2.45, 2.75) is 62.3 Å². The summed E-state index contributed by atoms with van der Waals surface area (Å²) in [5.74, 6) is 0. The van der Waals surface area contributed by atoms with Gasteiger partial charge in [0.05, 0.1) is 5.38 Å². The Kier molecular flexibility index (Phi) is 5.76. The van der Waals surface area contributed by atoms with Gasteiger partial charge in [-0.05, 0) is 32.1 Å². The molecule has 3 atom stereocenters. The van der Waals surface area contributed by atoms with E-state index in [1.165, 1.54) is 12.8 Å². The van der Waals surface area contributed by atoms with Gasteiger partial charge in [0.1, 0.15) is 0 Å². The molecule has 0 spiro atoms. The third kappa shape index (κ3) is 3.84. The lowest BCUT2D eigenvalue weighted by molar-refractivity contribution is 0.208. The third-order valence-corrected chi connectivity index (χ3v) is 4.64. The molecule has 1 saturated heterocycles. The summed E-state index contributed by atoms with van der Waals surface area (Å²) in [6.45, 7) is 2.03. The number of nitrogens with one attached hydrogen (secondary N) is 1. The maximum atomic E-state index is 8.77. The largest absolute Gasteiger partial charge is 0.451 e. The van der Waals surface area contributed by atoms with E-state index >= 15 is 0 Å². The maximum absolute atomic E-state index is 8.77. The quantitative estimate of drug-likeness (QED) is 0.385. The number of fused-ring (bicyclic) bond motifs is 1. The lowest BCUT2D eigenvalue weighted by atomic mass is 9.83. The normalized spacial score (nSPS) is 32.5. The summed E-state index contributed by atoms with van der Waals surface area (Å²) in [5, 5.41) is 21.4. The maximum Gasteiger partial charge on any atom is 0.451 e. The molecule has 2 rings (SSSR count). The molecule has 18 heavy (non-hydrogen) atoms. The number of unbranched alkanes of at least 4 members (excludes halogenated alkanes) is 2. The minimum absolute atomic E-state index is 0.290. The Bertz CT molecular complexity index is 258. The summed E-state index contributed by atoms with van der Waals surface area (Å²) in [4.78, 5) is 2.47. The summed E-state index contributed by atoms with van der Waals surface area (Å²) in [6, 6.07) is 1.09. The molecule has 1 heterocycles. The van der Waals surface area contributed by atoms with Gasteiger partial charge in [-0.1, -0.05) is 19.3 Å². The van der Waals surface area contributed by atoms with Crippen LogP contribution in [0.5, 0.6) is 0 Å². The second-order valence-corrected chi connectivity index (χ2v) is 6.11. The predicted octanol–water partition coefficient (Wildman–Crippen LogP) is 1.02. The Morgan fingerprint density at radius 1 is 1.22 bits per heavy atom. The lowest BCUT2D eigenvalue weighted by Gasteiger charge is -2.34. The van der Waals surface area contributed by atoms with Crippen LogP contribution >= 0.6 is 11.6 Å². The first-order chi connectivity index (χ1) is 8.68. The van der Waals surface area contributed by atoms with E-state index in [9.17, 15) is 0 Å². The first-order valence-corrected chi connectivity index (χ1v) is 7.60. The van der Waals surface area contributed by atoms with E-state index < -0.39 is 7.12 Å². The van der Waals surface area contributed by atoms with Crippen LogP contribution in [0.3, 0.4) is 0 Å². The molecule has 4 nitrogen and oxygen atoms in total. The van der Waals surface area contributed by atoms with Crippen LogP contribution in [0.25, 0.3) is 0 Å². The van der Waals surface area contributed by atoms with Gasteiger partial charge in [0.2, 0.25) is 0 Å². The fourth-order valence-electron chi connectivity index (χ4n) is 3.22. The molecule has 0 aromatic carbocycles. The Labute approximate surface area is 115 Å². The van der Waals surface area contributed by atoms with Gasteiger partial charge in [-0.2, -0.15) is 0 Å². The van der Waals surface area contributed by atoms with Crippen LogP contribution in [-0.4, -0.2) is 52.7 Å². The zero-order valence-electron chi connectivity index (χ0n) is 10.9. The van der Waals surface area contributed by atoms with Crippen molar-refractivity contribution >= 4 is 18.7 Å². The van der Waals surface area contributed by atoms with Crippen molar-refractivity contribution in [1.29, 1.82) is 0 Å². The highest BCUT2D eigenvalue weighted by atomic mass is 35.5. The van der Waals surface area contributed by atoms with Crippen molar-refractivity contribution in [2.24, 2.45) is 0 Å². The molecule has 1 aliphatic carbocycles. The van der Waals surface area contributed by atoms with E-state index in [1.807, 2.05) is 0 Å². The van der Waals surface area contributed by atoms with Crippen LogP contribution in [0.2, 0.25) is 6.32 Å². The van der Waals surface area contributed by atoms with E-state index in [4.69, 9.17) is 21.6 Å². The van der Waals surface area contributed by atoms with Crippen LogP contribution in [0.1, 0.15) is 38.5 Å². The first kappa shape index (κ1) is 14.6. The number of halogens is 1. The van der Waals surface area contributed by atoms with Gasteiger partial charge in [-0.15, -0.1) is 11.6 Å². The topological polar surface area (TPSA) is 55.7 Å². The highest BCUT2D eigenvalue weighted by Crippen LogP contribution is 2.30. The molecule has 2 fully saturated rings. The summed E-state index contributed by atoms with van der Waals surface area (Å²) >= 11 is 6.45. The van der Waals surface area contributed by atoms with Crippen molar-refractivity contribution in [1.82, 2.24) is 10.2 Å². The molecule has 1 aliphatic heterocycles. The average Bonchev–Trinajstić information content (AvgIpc) is 2.73. The summed E-state index contributed by atoms with van der Waals surface area (Å²) < 4.78 is 0. The number of nitrogens with zero attached hydrogens (tertiary/aromatic N) is 1. The van der Waals surface area contributed by atoms with E-state index in [0.717, 1.165) is 38.9 Å². The van der Waals surface area contributed by atoms with E-state index in [2.05, 4.69) is 10.2 Å². The molecule has 3 N–H and O–H groups in total. The summed E-state index contributed by atoms with van der Waals surface area (Å²) in [7, 11) is -1.14. The zero-order valence-corrected chi connectivity index (χ0v) is 11.6. The van der Waals surface area contributed by atoms with Gasteiger partial charge >= 0.3 is 7.12 Å².